The van der Waals surface area contributed by atoms with Gasteiger partial charge in [0.1, 0.15) is 6.10 Å². The lowest BCUT2D eigenvalue weighted by Crippen LogP contribution is -2.44. The molecule has 0 bridgehead atoms. The highest BCUT2D eigenvalue weighted by Gasteiger charge is 2.34. The normalized spacial score (nSPS) is 14.5. The molecule has 0 aliphatic carbocycles. The van der Waals surface area contributed by atoms with Crippen LogP contribution in [0.3, 0.4) is 0 Å². The molecule has 0 aromatic carbocycles. The highest BCUT2D eigenvalue weighted by atomic mass is 16.6. The quantitative estimate of drug-likeness (QED) is 0.404. The maximum atomic E-state index is 11.1. The zero-order valence-corrected chi connectivity index (χ0v) is 11.5. The molecule has 0 saturated heterocycles. The van der Waals surface area contributed by atoms with E-state index in [4.69, 9.17) is 20.6 Å². The Morgan fingerprint density at radius 3 is 1.79 bits per heavy atom. The van der Waals surface area contributed by atoms with Crippen molar-refractivity contribution in [3.05, 3.63) is 0 Å². The monoisotopic (exact) mass is 270 g/mol. The molecule has 0 unspecified atom stereocenters. The summed E-state index contributed by atoms with van der Waals surface area (Å²) >= 11 is 0. The average Bonchev–Trinajstić information content (AvgIpc) is 2.29. The number of carbonyl (C=O) groups excluding carboxylic acids is 3. The van der Waals surface area contributed by atoms with E-state index in [0.717, 1.165) is 0 Å². The van der Waals surface area contributed by atoms with Crippen LogP contribution in [0.1, 0.15) is 34.1 Å². The first-order valence-corrected chi connectivity index (χ1v) is 5.79. The Morgan fingerprint density at radius 2 is 1.47 bits per heavy atom. The molecule has 6 heteroatoms. The van der Waals surface area contributed by atoms with Gasteiger partial charge in [-0.25, -0.2) is 0 Å². The Bertz CT molecular complexity index is 381. The molecule has 0 amide bonds. The third-order valence-electron chi connectivity index (χ3n) is 2.14. The summed E-state index contributed by atoms with van der Waals surface area (Å²) in [6.45, 7) is 5.33. The molecule has 0 spiro atoms. The van der Waals surface area contributed by atoms with Crippen molar-refractivity contribution in [3.8, 4) is 12.3 Å². The standard InChI is InChI=1S/C13H18O6/c1-6-11(17-8(3)14)13(19-10(5)16)12(7-2)18-9(4)15/h1,11-13H,7H2,2-5H3/t11-,12+,13-/m0/s1. The van der Waals surface area contributed by atoms with Crippen molar-refractivity contribution in [3.63, 3.8) is 0 Å². The number of terminal acetylenes is 1. The fourth-order valence-electron chi connectivity index (χ4n) is 1.49. The van der Waals surface area contributed by atoms with Crippen molar-refractivity contribution in [1.82, 2.24) is 0 Å². The largest absolute Gasteiger partial charge is 0.458 e. The molecule has 106 valence electrons. The van der Waals surface area contributed by atoms with E-state index < -0.39 is 36.2 Å². The van der Waals surface area contributed by atoms with E-state index in [1.54, 1.807) is 6.92 Å². The molecule has 6 nitrogen and oxygen atoms in total. The van der Waals surface area contributed by atoms with E-state index >= 15 is 0 Å². The summed E-state index contributed by atoms with van der Waals surface area (Å²) in [7, 11) is 0. The highest BCUT2D eigenvalue weighted by Crippen LogP contribution is 2.16. The molecule has 0 aromatic rings. The van der Waals surface area contributed by atoms with Gasteiger partial charge in [0, 0.05) is 20.8 Å². The van der Waals surface area contributed by atoms with Crippen molar-refractivity contribution in [2.24, 2.45) is 0 Å². The minimum absolute atomic E-state index is 0.358. The Hall–Kier alpha value is -2.03. The molecule has 0 fully saturated rings. The van der Waals surface area contributed by atoms with Crippen molar-refractivity contribution in [1.29, 1.82) is 0 Å². The summed E-state index contributed by atoms with van der Waals surface area (Å²) in [5.74, 6) is 0.455. The first kappa shape index (κ1) is 17.0. The van der Waals surface area contributed by atoms with Gasteiger partial charge in [0.25, 0.3) is 0 Å². The molecule has 0 N–H and O–H groups in total. The minimum Gasteiger partial charge on any atom is -0.458 e. The van der Waals surface area contributed by atoms with E-state index in [0.29, 0.717) is 6.42 Å². The van der Waals surface area contributed by atoms with E-state index in [1.165, 1.54) is 20.8 Å². The lowest BCUT2D eigenvalue weighted by molar-refractivity contribution is -0.178. The van der Waals surface area contributed by atoms with Crippen LogP contribution in [0, 0.1) is 12.3 Å². The van der Waals surface area contributed by atoms with E-state index in [2.05, 4.69) is 5.92 Å². The van der Waals surface area contributed by atoms with Gasteiger partial charge in [-0.05, 0) is 6.42 Å². The van der Waals surface area contributed by atoms with Gasteiger partial charge in [0.2, 0.25) is 6.10 Å². The molecule has 0 aliphatic heterocycles. The zero-order chi connectivity index (χ0) is 15.0. The average molecular weight is 270 g/mol. The second kappa shape index (κ2) is 8.14. The van der Waals surface area contributed by atoms with Gasteiger partial charge in [-0.2, -0.15) is 0 Å². The van der Waals surface area contributed by atoms with E-state index in [-0.39, 0.29) is 0 Å². The van der Waals surface area contributed by atoms with Gasteiger partial charge in [-0.1, -0.05) is 12.8 Å². The first-order valence-electron chi connectivity index (χ1n) is 5.79. The summed E-state index contributed by atoms with van der Waals surface area (Å²) in [6, 6.07) is 0. The number of hydrogen-bond donors (Lipinski definition) is 0. The fraction of sp³-hybridized carbons (Fsp3) is 0.615. The smallest absolute Gasteiger partial charge is 0.304 e. The number of rotatable bonds is 6. The third kappa shape index (κ3) is 6.46. The molecule has 0 radical (unpaired) electrons. The summed E-state index contributed by atoms with van der Waals surface area (Å²) in [5.41, 5.74) is 0. The molecule has 0 heterocycles. The van der Waals surface area contributed by atoms with Crippen LogP contribution >= 0.6 is 0 Å². The summed E-state index contributed by atoms with van der Waals surface area (Å²) < 4.78 is 14.9. The van der Waals surface area contributed by atoms with Crippen molar-refractivity contribution in [2.45, 2.75) is 52.4 Å². The molecule has 19 heavy (non-hydrogen) atoms. The zero-order valence-electron chi connectivity index (χ0n) is 11.5. The molecule has 3 atom stereocenters. The maximum absolute atomic E-state index is 11.1. The topological polar surface area (TPSA) is 78.9 Å². The summed E-state index contributed by atoms with van der Waals surface area (Å²) in [6.07, 6.45) is 2.71. The van der Waals surface area contributed by atoms with Gasteiger partial charge >= 0.3 is 17.9 Å². The summed E-state index contributed by atoms with van der Waals surface area (Å²) in [4.78, 5) is 33.1. The fourth-order valence-corrected chi connectivity index (χ4v) is 1.49. The number of ether oxygens (including phenoxy) is 3. The second-order valence-corrected chi connectivity index (χ2v) is 3.83. The van der Waals surface area contributed by atoms with Crippen LogP contribution in [0.2, 0.25) is 0 Å². The molecule has 0 saturated carbocycles. The van der Waals surface area contributed by atoms with Crippen LogP contribution in [0.4, 0.5) is 0 Å². The lowest BCUT2D eigenvalue weighted by atomic mass is 10.1. The Balaban J connectivity index is 5.13. The SMILES string of the molecule is C#C[C@H](OC(C)=O)[C@H](OC(C)=O)[C@@H](CC)OC(C)=O. The Morgan fingerprint density at radius 1 is 1.00 bits per heavy atom. The van der Waals surface area contributed by atoms with Gasteiger partial charge in [-0.15, -0.1) is 6.42 Å². The lowest BCUT2D eigenvalue weighted by Gasteiger charge is -2.28. The van der Waals surface area contributed by atoms with Crippen LogP contribution < -0.4 is 0 Å². The number of esters is 3. The van der Waals surface area contributed by atoms with Crippen LogP contribution in [0.25, 0.3) is 0 Å². The Labute approximate surface area is 112 Å². The van der Waals surface area contributed by atoms with Crippen LogP contribution in [-0.4, -0.2) is 36.2 Å². The van der Waals surface area contributed by atoms with Crippen molar-refractivity contribution < 1.29 is 28.6 Å². The molecular formula is C13H18O6. The summed E-state index contributed by atoms with van der Waals surface area (Å²) in [5, 5.41) is 0. The second-order valence-electron chi connectivity index (χ2n) is 3.83. The van der Waals surface area contributed by atoms with Gasteiger partial charge in [0.05, 0.1) is 0 Å². The van der Waals surface area contributed by atoms with E-state index in [1.807, 2.05) is 0 Å². The molecular weight excluding hydrogens is 252 g/mol. The predicted molar refractivity (Wildman–Crippen MR) is 65.8 cm³/mol. The first-order chi connectivity index (χ1) is 8.81. The Kier molecular flexibility index (Phi) is 7.27. The van der Waals surface area contributed by atoms with Crippen LogP contribution in [0.15, 0.2) is 0 Å². The van der Waals surface area contributed by atoms with Crippen LogP contribution in [0.5, 0.6) is 0 Å². The van der Waals surface area contributed by atoms with Crippen LogP contribution in [-0.2, 0) is 28.6 Å². The predicted octanol–water partition coefficient (Wildman–Crippen LogP) is 0.825. The molecule has 0 aromatic heterocycles. The minimum atomic E-state index is -1.11. The van der Waals surface area contributed by atoms with Crippen molar-refractivity contribution >= 4 is 17.9 Å². The van der Waals surface area contributed by atoms with Gasteiger partial charge in [-0.3, -0.25) is 14.4 Å². The highest BCUT2D eigenvalue weighted by molar-refractivity contribution is 5.68. The molecule has 0 rings (SSSR count). The van der Waals surface area contributed by atoms with Gasteiger partial charge in [0.15, 0.2) is 6.10 Å². The maximum Gasteiger partial charge on any atom is 0.304 e. The third-order valence-corrected chi connectivity index (χ3v) is 2.14. The molecule has 0 aliphatic rings. The van der Waals surface area contributed by atoms with Gasteiger partial charge < -0.3 is 14.2 Å². The van der Waals surface area contributed by atoms with E-state index in [9.17, 15) is 14.4 Å². The number of hydrogen-bond acceptors (Lipinski definition) is 6. The number of carbonyl (C=O) groups is 3. The van der Waals surface area contributed by atoms with Crippen molar-refractivity contribution in [2.75, 3.05) is 0 Å².